The monoisotopic (exact) mass is 139 g/mol. The van der Waals surface area contributed by atoms with Crippen molar-refractivity contribution in [2.75, 3.05) is 7.05 Å². The van der Waals surface area contributed by atoms with Gasteiger partial charge in [-0.15, -0.1) is 0 Å². The van der Waals surface area contributed by atoms with Crippen molar-refractivity contribution in [2.24, 2.45) is 10.9 Å². The number of nitrogens with zero attached hydrogens (tertiary/aromatic N) is 1. The third-order valence-electron chi connectivity index (χ3n) is 1.49. The lowest BCUT2D eigenvalue weighted by molar-refractivity contribution is 0.826. The highest BCUT2D eigenvalue weighted by molar-refractivity contribution is 5.97. The van der Waals surface area contributed by atoms with Gasteiger partial charge in [0.2, 0.25) is 0 Å². The van der Waals surface area contributed by atoms with E-state index in [1.165, 1.54) is 5.57 Å². The predicted octanol–water partition coefficient (Wildman–Crippen LogP) is 2.68. The molecule has 0 spiro atoms. The Kier molecular flexibility index (Phi) is 4.01. The molecule has 0 aliphatic heterocycles. The molecule has 0 atom stereocenters. The summed E-state index contributed by atoms with van der Waals surface area (Å²) in [5, 5.41) is 0. The van der Waals surface area contributed by atoms with Crippen LogP contribution in [0, 0.1) is 5.92 Å². The van der Waals surface area contributed by atoms with Crippen molar-refractivity contribution in [3.63, 3.8) is 0 Å². The van der Waals surface area contributed by atoms with Crippen LogP contribution in [0.2, 0.25) is 0 Å². The molecule has 0 N–H and O–H groups in total. The molecular weight excluding hydrogens is 122 g/mol. The van der Waals surface area contributed by atoms with E-state index in [2.05, 4.69) is 31.8 Å². The van der Waals surface area contributed by atoms with Gasteiger partial charge in [0.25, 0.3) is 0 Å². The highest BCUT2D eigenvalue weighted by atomic mass is 14.7. The standard InChI is InChI=1S/C9H17N/c1-7(2)6-8(3)9(4)10-5/h6-7H,1-5H3. The Balaban J connectivity index is 4.20. The van der Waals surface area contributed by atoms with Crippen molar-refractivity contribution in [3.8, 4) is 0 Å². The minimum atomic E-state index is 0.622. The van der Waals surface area contributed by atoms with Gasteiger partial charge in [0.1, 0.15) is 0 Å². The van der Waals surface area contributed by atoms with Gasteiger partial charge in [-0.2, -0.15) is 0 Å². The van der Waals surface area contributed by atoms with Crippen LogP contribution in [0.4, 0.5) is 0 Å². The molecule has 0 heterocycles. The number of rotatable bonds is 2. The molecule has 0 aromatic carbocycles. The lowest BCUT2D eigenvalue weighted by Crippen LogP contribution is -1.94. The first-order valence-electron chi connectivity index (χ1n) is 3.70. The van der Waals surface area contributed by atoms with E-state index in [0.29, 0.717) is 5.92 Å². The van der Waals surface area contributed by atoms with E-state index in [1.54, 1.807) is 0 Å². The van der Waals surface area contributed by atoms with Crippen molar-refractivity contribution < 1.29 is 0 Å². The molecule has 1 heteroatoms. The molecule has 0 aliphatic carbocycles. The second-order valence-corrected chi connectivity index (χ2v) is 2.90. The SMILES string of the molecule is CN=C(C)C(C)=CC(C)C. The van der Waals surface area contributed by atoms with Crippen LogP contribution in [-0.2, 0) is 0 Å². The van der Waals surface area contributed by atoms with E-state index in [4.69, 9.17) is 0 Å². The molecule has 0 amide bonds. The molecule has 1 nitrogen and oxygen atoms in total. The molecule has 58 valence electrons. The molecule has 10 heavy (non-hydrogen) atoms. The fourth-order valence-electron chi connectivity index (χ4n) is 0.797. The molecule has 0 saturated carbocycles. The molecule has 0 bridgehead atoms. The van der Waals surface area contributed by atoms with Gasteiger partial charge in [-0.05, 0) is 25.3 Å². The lowest BCUT2D eigenvalue weighted by Gasteiger charge is -2.00. The second kappa shape index (κ2) is 4.26. The topological polar surface area (TPSA) is 12.4 Å². The Morgan fingerprint density at radius 3 is 2.10 bits per heavy atom. The Hall–Kier alpha value is -0.590. The molecular formula is C9H17N. The van der Waals surface area contributed by atoms with E-state index in [-0.39, 0.29) is 0 Å². The van der Waals surface area contributed by atoms with Crippen molar-refractivity contribution >= 4 is 5.71 Å². The van der Waals surface area contributed by atoms with Crippen LogP contribution in [0.3, 0.4) is 0 Å². The smallest absolute Gasteiger partial charge is 0.0339 e. The van der Waals surface area contributed by atoms with E-state index >= 15 is 0 Å². The molecule has 0 unspecified atom stereocenters. The lowest BCUT2D eigenvalue weighted by atomic mass is 10.1. The summed E-state index contributed by atoms with van der Waals surface area (Å²) in [6.07, 6.45) is 2.22. The van der Waals surface area contributed by atoms with Gasteiger partial charge in [-0.25, -0.2) is 0 Å². The van der Waals surface area contributed by atoms with E-state index < -0.39 is 0 Å². The van der Waals surface area contributed by atoms with E-state index in [0.717, 1.165) is 5.71 Å². The predicted molar refractivity (Wildman–Crippen MR) is 47.6 cm³/mol. The third kappa shape index (κ3) is 3.44. The summed E-state index contributed by atoms with van der Waals surface area (Å²) in [7, 11) is 1.83. The average Bonchev–Trinajstić information content (AvgIpc) is 1.85. The normalized spacial score (nSPS) is 14.6. The maximum atomic E-state index is 4.09. The summed E-state index contributed by atoms with van der Waals surface area (Å²) in [6, 6.07) is 0. The maximum Gasteiger partial charge on any atom is 0.0339 e. The maximum absolute atomic E-state index is 4.09. The first-order valence-corrected chi connectivity index (χ1v) is 3.70. The molecule has 0 aliphatic rings. The van der Waals surface area contributed by atoms with E-state index in [9.17, 15) is 0 Å². The summed E-state index contributed by atoms with van der Waals surface area (Å²) in [6.45, 7) is 8.48. The number of hydrogen-bond donors (Lipinski definition) is 0. The summed E-state index contributed by atoms with van der Waals surface area (Å²) >= 11 is 0. The van der Waals surface area contributed by atoms with Crippen molar-refractivity contribution in [2.45, 2.75) is 27.7 Å². The van der Waals surface area contributed by atoms with Crippen molar-refractivity contribution in [1.82, 2.24) is 0 Å². The third-order valence-corrected chi connectivity index (χ3v) is 1.49. The first kappa shape index (κ1) is 9.41. The van der Waals surface area contributed by atoms with Crippen molar-refractivity contribution in [3.05, 3.63) is 11.6 Å². The van der Waals surface area contributed by atoms with Crippen LogP contribution >= 0.6 is 0 Å². The fraction of sp³-hybridized carbons (Fsp3) is 0.667. The van der Waals surface area contributed by atoms with Crippen LogP contribution < -0.4 is 0 Å². The second-order valence-electron chi connectivity index (χ2n) is 2.90. The zero-order chi connectivity index (χ0) is 8.15. The molecule has 0 saturated heterocycles. The van der Waals surface area contributed by atoms with E-state index in [1.807, 2.05) is 14.0 Å². The molecule has 0 aromatic rings. The minimum Gasteiger partial charge on any atom is -0.293 e. The quantitative estimate of drug-likeness (QED) is 0.521. The fourth-order valence-corrected chi connectivity index (χ4v) is 0.797. The molecule has 0 radical (unpaired) electrons. The van der Waals surface area contributed by atoms with Gasteiger partial charge in [0.15, 0.2) is 0 Å². The Labute approximate surface area is 63.9 Å². The Bertz CT molecular complexity index is 152. The minimum absolute atomic E-state index is 0.622. The van der Waals surface area contributed by atoms with Crippen molar-refractivity contribution in [1.29, 1.82) is 0 Å². The summed E-state index contributed by atoms with van der Waals surface area (Å²) < 4.78 is 0. The average molecular weight is 139 g/mol. The van der Waals surface area contributed by atoms with Crippen LogP contribution in [0.1, 0.15) is 27.7 Å². The van der Waals surface area contributed by atoms with Crippen LogP contribution in [0.15, 0.2) is 16.6 Å². The molecule has 0 fully saturated rings. The van der Waals surface area contributed by atoms with Gasteiger partial charge in [-0.3, -0.25) is 4.99 Å². The first-order chi connectivity index (χ1) is 4.57. The van der Waals surface area contributed by atoms with Gasteiger partial charge in [0.05, 0.1) is 0 Å². The van der Waals surface area contributed by atoms with Gasteiger partial charge in [0, 0.05) is 12.8 Å². The molecule has 0 rings (SSSR count). The largest absolute Gasteiger partial charge is 0.293 e. The zero-order valence-electron chi connectivity index (χ0n) is 7.60. The number of aliphatic imine (C=N–C) groups is 1. The molecule has 0 aromatic heterocycles. The zero-order valence-corrected chi connectivity index (χ0v) is 7.60. The number of hydrogen-bond acceptors (Lipinski definition) is 1. The highest BCUT2D eigenvalue weighted by Gasteiger charge is 1.93. The van der Waals surface area contributed by atoms with Gasteiger partial charge in [-0.1, -0.05) is 19.9 Å². The van der Waals surface area contributed by atoms with Crippen LogP contribution in [-0.4, -0.2) is 12.8 Å². The summed E-state index contributed by atoms with van der Waals surface area (Å²) in [4.78, 5) is 4.09. The van der Waals surface area contributed by atoms with Gasteiger partial charge < -0.3 is 0 Å². The highest BCUT2D eigenvalue weighted by Crippen LogP contribution is 2.02. The van der Waals surface area contributed by atoms with Crippen LogP contribution in [0.25, 0.3) is 0 Å². The Morgan fingerprint density at radius 1 is 1.30 bits per heavy atom. The summed E-state index contributed by atoms with van der Waals surface area (Å²) in [5.74, 6) is 0.622. The summed E-state index contributed by atoms with van der Waals surface area (Å²) in [5.41, 5.74) is 2.42. The Morgan fingerprint density at radius 2 is 1.80 bits per heavy atom. The number of allylic oxidation sites excluding steroid dienone is 2. The van der Waals surface area contributed by atoms with Gasteiger partial charge >= 0.3 is 0 Å². The van der Waals surface area contributed by atoms with Crippen LogP contribution in [0.5, 0.6) is 0 Å².